The van der Waals surface area contributed by atoms with Gasteiger partial charge in [-0.2, -0.15) is 0 Å². The lowest BCUT2D eigenvalue weighted by molar-refractivity contribution is 0.0550. The highest BCUT2D eigenvalue weighted by molar-refractivity contribution is 7.91. The van der Waals surface area contributed by atoms with Gasteiger partial charge in [-0.15, -0.1) is 0 Å². The second-order valence-electron chi connectivity index (χ2n) is 4.45. The largest absolute Gasteiger partial charge is 0.377 e. The predicted molar refractivity (Wildman–Crippen MR) is 68.8 cm³/mol. The van der Waals surface area contributed by atoms with E-state index < -0.39 is 9.84 Å². The summed E-state index contributed by atoms with van der Waals surface area (Å²) in [6.07, 6.45) is 1.72. The van der Waals surface area contributed by atoms with Crippen molar-refractivity contribution in [3.05, 3.63) is 0 Å². The molecule has 0 bridgehead atoms. The summed E-state index contributed by atoms with van der Waals surface area (Å²) in [5.41, 5.74) is 5.61. The van der Waals surface area contributed by atoms with Crippen molar-refractivity contribution in [2.75, 3.05) is 44.3 Å². The molecule has 1 aliphatic rings. The van der Waals surface area contributed by atoms with Crippen LogP contribution in [0.25, 0.3) is 0 Å². The second kappa shape index (κ2) is 7.31. The molecular weight excluding hydrogens is 240 g/mol. The third-order valence-corrected chi connectivity index (χ3v) is 4.80. The number of nitrogens with two attached hydrogens (primary N) is 1. The molecule has 1 heterocycles. The number of hydrogen-bond donors (Lipinski definition) is 1. The average Bonchev–Trinajstić information content (AvgIpc) is 2.46. The molecule has 5 nitrogen and oxygen atoms in total. The summed E-state index contributed by atoms with van der Waals surface area (Å²) in [4.78, 5) is 2.20. The van der Waals surface area contributed by atoms with Crippen LogP contribution in [0.3, 0.4) is 0 Å². The van der Waals surface area contributed by atoms with Crippen molar-refractivity contribution < 1.29 is 13.2 Å². The van der Waals surface area contributed by atoms with Gasteiger partial charge >= 0.3 is 0 Å². The number of hydrogen-bond acceptors (Lipinski definition) is 5. The third-order valence-electron chi connectivity index (χ3n) is 3.08. The van der Waals surface area contributed by atoms with Crippen LogP contribution in [0.5, 0.6) is 0 Å². The van der Waals surface area contributed by atoms with Gasteiger partial charge in [0.05, 0.1) is 17.6 Å². The first-order chi connectivity index (χ1) is 8.07. The van der Waals surface area contributed by atoms with Crippen molar-refractivity contribution >= 4 is 9.84 Å². The molecule has 1 rings (SSSR count). The number of rotatable bonds is 6. The Morgan fingerprint density at radius 1 is 1.35 bits per heavy atom. The molecule has 0 aromatic rings. The molecule has 1 atom stereocenters. The van der Waals surface area contributed by atoms with Gasteiger partial charge in [-0.05, 0) is 26.3 Å². The van der Waals surface area contributed by atoms with Crippen LogP contribution >= 0.6 is 0 Å². The maximum absolute atomic E-state index is 11.4. The smallest absolute Gasteiger partial charge is 0.151 e. The van der Waals surface area contributed by atoms with Crippen molar-refractivity contribution in [1.29, 1.82) is 0 Å². The van der Waals surface area contributed by atoms with E-state index in [9.17, 15) is 8.42 Å². The van der Waals surface area contributed by atoms with Crippen molar-refractivity contribution in [2.24, 2.45) is 5.73 Å². The van der Waals surface area contributed by atoms with E-state index in [1.807, 2.05) is 6.92 Å². The van der Waals surface area contributed by atoms with Crippen LogP contribution in [-0.4, -0.2) is 63.7 Å². The topological polar surface area (TPSA) is 72.6 Å². The summed E-state index contributed by atoms with van der Waals surface area (Å²) >= 11 is 0. The molecule has 1 fully saturated rings. The van der Waals surface area contributed by atoms with Gasteiger partial charge in [0, 0.05) is 26.2 Å². The fourth-order valence-corrected chi connectivity index (χ4v) is 3.35. The fourth-order valence-electron chi connectivity index (χ4n) is 2.05. The monoisotopic (exact) mass is 264 g/mol. The number of sulfone groups is 1. The van der Waals surface area contributed by atoms with Crippen LogP contribution < -0.4 is 5.73 Å². The lowest BCUT2D eigenvalue weighted by atomic mass is 10.2. The summed E-state index contributed by atoms with van der Waals surface area (Å²) in [7, 11) is -2.80. The van der Waals surface area contributed by atoms with E-state index in [4.69, 9.17) is 10.5 Å². The van der Waals surface area contributed by atoms with Crippen molar-refractivity contribution in [2.45, 2.75) is 25.9 Å². The Morgan fingerprint density at radius 3 is 2.76 bits per heavy atom. The highest BCUT2D eigenvalue weighted by atomic mass is 32.2. The Bertz CT molecular complexity index is 306. The molecule has 1 saturated heterocycles. The molecule has 17 heavy (non-hydrogen) atoms. The van der Waals surface area contributed by atoms with Gasteiger partial charge < -0.3 is 15.4 Å². The zero-order chi connectivity index (χ0) is 12.7. The van der Waals surface area contributed by atoms with E-state index in [1.54, 1.807) is 0 Å². The summed E-state index contributed by atoms with van der Waals surface area (Å²) in [5, 5.41) is 0. The summed E-state index contributed by atoms with van der Waals surface area (Å²) < 4.78 is 28.4. The maximum atomic E-state index is 11.4. The maximum Gasteiger partial charge on any atom is 0.151 e. The molecule has 0 aromatic carbocycles. The van der Waals surface area contributed by atoms with E-state index in [2.05, 4.69) is 4.90 Å². The van der Waals surface area contributed by atoms with Crippen molar-refractivity contribution in [1.82, 2.24) is 4.90 Å². The Kier molecular flexibility index (Phi) is 6.40. The molecule has 0 radical (unpaired) electrons. The normalized spacial score (nSPS) is 23.2. The van der Waals surface area contributed by atoms with Crippen LogP contribution in [0.15, 0.2) is 0 Å². The second-order valence-corrected chi connectivity index (χ2v) is 6.75. The highest BCUT2D eigenvalue weighted by Gasteiger charge is 2.19. The Balaban J connectivity index is 2.31. The first kappa shape index (κ1) is 14.9. The highest BCUT2D eigenvalue weighted by Crippen LogP contribution is 2.07. The Hall–Kier alpha value is -0.170. The standard InChI is InChI=1S/C11H24N2O3S/c1-2-16-11(10-12)4-6-13-5-3-8-17(14,15)9-7-13/h11H,2-10,12H2,1H3. The van der Waals surface area contributed by atoms with Gasteiger partial charge in [-0.3, -0.25) is 0 Å². The molecule has 0 amide bonds. The van der Waals surface area contributed by atoms with Gasteiger partial charge in [-0.1, -0.05) is 0 Å². The molecule has 1 unspecified atom stereocenters. The van der Waals surface area contributed by atoms with Gasteiger partial charge in [0.2, 0.25) is 0 Å². The molecule has 2 N–H and O–H groups in total. The van der Waals surface area contributed by atoms with Crippen LogP contribution in [-0.2, 0) is 14.6 Å². The number of nitrogens with zero attached hydrogens (tertiary/aromatic N) is 1. The minimum absolute atomic E-state index is 0.0971. The van der Waals surface area contributed by atoms with E-state index >= 15 is 0 Å². The first-order valence-electron chi connectivity index (χ1n) is 6.32. The summed E-state index contributed by atoms with van der Waals surface area (Å²) in [6.45, 7) is 5.54. The molecule has 1 aliphatic heterocycles. The molecular formula is C11H24N2O3S. The van der Waals surface area contributed by atoms with Crippen LogP contribution in [0, 0.1) is 0 Å². The van der Waals surface area contributed by atoms with Gasteiger partial charge in [0.1, 0.15) is 0 Å². The molecule has 0 aromatic heterocycles. The lowest BCUT2D eigenvalue weighted by Gasteiger charge is -2.22. The molecule has 6 heteroatoms. The quantitative estimate of drug-likeness (QED) is 0.723. The minimum atomic E-state index is -2.80. The predicted octanol–water partition coefficient (Wildman–Crippen LogP) is -0.139. The molecule has 102 valence electrons. The van der Waals surface area contributed by atoms with Gasteiger partial charge in [0.15, 0.2) is 9.84 Å². The van der Waals surface area contributed by atoms with Crippen LogP contribution in [0.4, 0.5) is 0 Å². The van der Waals surface area contributed by atoms with E-state index in [-0.39, 0.29) is 11.9 Å². The van der Waals surface area contributed by atoms with E-state index in [0.717, 1.165) is 25.9 Å². The molecule has 0 aliphatic carbocycles. The third kappa shape index (κ3) is 5.81. The van der Waals surface area contributed by atoms with Gasteiger partial charge in [-0.25, -0.2) is 8.42 Å². The Morgan fingerprint density at radius 2 is 2.12 bits per heavy atom. The van der Waals surface area contributed by atoms with E-state index in [1.165, 1.54) is 0 Å². The SMILES string of the molecule is CCOC(CN)CCN1CCCS(=O)(=O)CC1. The Labute approximate surface area is 104 Å². The zero-order valence-electron chi connectivity index (χ0n) is 10.6. The molecule has 0 saturated carbocycles. The van der Waals surface area contributed by atoms with Crippen LogP contribution in [0.1, 0.15) is 19.8 Å². The zero-order valence-corrected chi connectivity index (χ0v) is 11.4. The van der Waals surface area contributed by atoms with E-state index in [0.29, 0.717) is 25.4 Å². The van der Waals surface area contributed by atoms with Crippen LogP contribution in [0.2, 0.25) is 0 Å². The fraction of sp³-hybridized carbons (Fsp3) is 1.00. The first-order valence-corrected chi connectivity index (χ1v) is 8.14. The van der Waals surface area contributed by atoms with Crippen molar-refractivity contribution in [3.8, 4) is 0 Å². The summed E-state index contributed by atoms with van der Waals surface area (Å²) in [5.74, 6) is 0.615. The average molecular weight is 264 g/mol. The lowest BCUT2D eigenvalue weighted by Crippen LogP contribution is -2.33. The van der Waals surface area contributed by atoms with Crippen molar-refractivity contribution in [3.63, 3.8) is 0 Å². The number of ether oxygens (including phenoxy) is 1. The molecule has 0 spiro atoms. The summed E-state index contributed by atoms with van der Waals surface area (Å²) in [6, 6.07) is 0. The minimum Gasteiger partial charge on any atom is -0.377 e. The van der Waals surface area contributed by atoms with Gasteiger partial charge in [0.25, 0.3) is 0 Å².